The number of ether oxygens (including phenoxy) is 2. The largest absolute Gasteiger partial charge is 0.447 e. The maximum absolute atomic E-state index is 11.9. The SMILES string of the molecule is C[C@@H](OC(C)(C)C)C1COC(=O)N1c1ccnc(Cl)n1. The molecule has 0 radical (unpaired) electrons. The van der Waals surface area contributed by atoms with Crippen LogP contribution in [0.2, 0.25) is 5.28 Å². The van der Waals surface area contributed by atoms with E-state index in [4.69, 9.17) is 21.1 Å². The minimum atomic E-state index is -0.450. The van der Waals surface area contributed by atoms with E-state index in [2.05, 4.69) is 9.97 Å². The number of halogens is 1. The first-order chi connectivity index (χ1) is 9.28. The number of hydrogen-bond acceptors (Lipinski definition) is 5. The van der Waals surface area contributed by atoms with Crippen LogP contribution in [0.5, 0.6) is 0 Å². The molecule has 1 aliphatic heterocycles. The summed E-state index contributed by atoms with van der Waals surface area (Å²) < 4.78 is 11.0. The summed E-state index contributed by atoms with van der Waals surface area (Å²) in [5, 5.41) is 0.0883. The van der Waals surface area contributed by atoms with Gasteiger partial charge in [0.2, 0.25) is 5.28 Å². The van der Waals surface area contributed by atoms with Crippen molar-refractivity contribution in [3.8, 4) is 0 Å². The Morgan fingerprint density at radius 3 is 2.85 bits per heavy atom. The van der Waals surface area contributed by atoms with Crippen LogP contribution in [-0.4, -0.2) is 40.4 Å². The van der Waals surface area contributed by atoms with Crippen LogP contribution in [-0.2, 0) is 9.47 Å². The molecule has 2 heterocycles. The third-order valence-corrected chi connectivity index (χ3v) is 3.03. The van der Waals surface area contributed by atoms with E-state index in [9.17, 15) is 4.79 Å². The maximum atomic E-state index is 11.9. The van der Waals surface area contributed by atoms with Crippen molar-refractivity contribution in [3.05, 3.63) is 17.5 Å². The van der Waals surface area contributed by atoms with Crippen LogP contribution in [0, 0.1) is 0 Å². The van der Waals surface area contributed by atoms with Gasteiger partial charge in [0.1, 0.15) is 18.5 Å². The summed E-state index contributed by atoms with van der Waals surface area (Å²) in [5.41, 5.74) is -0.306. The Bertz CT molecular complexity index is 504. The van der Waals surface area contributed by atoms with E-state index in [0.29, 0.717) is 5.82 Å². The van der Waals surface area contributed by atoms with Crippen molar-refractivity contribution >= 4 is 23.5 Å². The molecule has 2 rings (SSSR count). The molecule has 110 valence electrons. The average Bonchev–Trinajstić information content (AvgIpc) is 2.69. The van der Waals surface area contributed by atoms with Crippen molar-refractivity contribution in [2.75, 3.05) is 11.5 Å². The minimum absolute atomic E-state index is 0.0883. The Morgan fingerprint density at radius 1 is 1.55 bits per heavy atom. The molecule has 0 spiro atoms. The van der Waals surface area contributed by atoms with Crippen molar-refractivity contribution in [2.24, 2.45) is 0 Å². The van der Waals surface area contributed by atoms with E-state index < -0.39 is 6.09 Å². The van der Waals surface area contributed by atoms with Gasteiger partial charge >= 0.3 is 6.09 Å². The zero-order valence-electron chi connectivity index (χ0n) is 12.0. The summed E-state index contributed by atoms with van der Waals surface area (Å²) in [5.74, 6) is 0.418. The van der Waals surface area contributed by atoms with Crippen molar-refractivity contribution in [1.82, 2.24) is 9.97 Å². The Labute approximate surface area is 123 Å². The van der Waals surface area contributed by atoms with Gasteiger partial charge in [0.15, 0.2) is 0 Å². The van der Waals surface area contributed by atoms with E-state index in [0.717, 1.165) is 0 Å². The number of nitrogens with zero attached hydrogens (tertiary/aromatic N) is 3. The lowest BCUT2D eigenvalue weighted by atomic mass is 10.1. The van der Waals surface area contributed by atoms with Crippen molar-refractivity contribution in [2.45, 2.75) is 45.4 Å². The second-order valence-electron chi connectivity index (χ2n) is 5.63. The standard InChI is InChI=1S/C13H18ClN3O3/c1-8(20-13(2,3)4)9-7-19-12(18)17(9)10-5-6-15-11(14)16-10/h5-6,8-9H,7H2,1-4H3/t8-,9?/m1/s1. The van der Waals surface area contributed by atoms with Gasteiger partial charge in [-0.15, -0.1) is 0 Å². The third-order valence-electron chi connectivity index (χ3n) is 2.85. The summed E-state index contributed by atoms with van der Waals surface area (Å²) >= 11 is 5.77. The molecule has 1 aromatic heterocycles. The summed E-state index contributed by atoms with van der Waals surface area (Å²) in [7, 11) is 0. The van der Waals surface area contributed by atoms with E-state index in [1.165, 1.54) is 11.1 Å². The second kappa shape index (κ2) is 5.54. The molecule has 6 nitrogen and oxygen atoms in total. The first-order valence-corrected chi connectivity index (χ1v) is 6.78. The molecule has 0 bridgehead atoms. The van der Waals surface area contributed by atoms with Crippen molar-refractivity contribution in [1.29, 1.82) is 0 Å². The maximum Gasteiger partial charge on any atom is 0.416 e. The Morgan fingerprint density at radius 2 is 2.25 bits per heavy atom. The van der Waals surface area contributed by atoms with E-state index in [-0.39, 0.29) is 29.6 Å². The predicted octanol–water partition coefficient (Wildman–Crippen LogP) is 2.66. The highest BCUT2D eigenvalue weighted by Crippen LogP contribution is 2.26. The zero-order chi connectivity index (χ0) is 14.9. The summed E-state index contributed by atoms with van der Waals surface area (Å²) in [4.78, 5) is 21.2. The highest BCUT2D eigenvalue weighted by molar-refractivity contribution is 6.28. The van der Waals surface area contributed by atoms with E-state index >= 15 is 0 Å². The molecule has 1 saturated heterocycles. The highest BCUT2D eigenvalue weighted by atomic mass is 35.5. The predicted molar refractivity (Wildman–Crippen MR) is 75.0 cm³/mol. The fraction of sp³-hybridized carbons (Fsp3) is 0.615. The van der Waals surface area contributed by atoms with Gasteiger partial charge in [-0.2, -0.15) is 0 Å². The molecule has 1 unspecified atom stereocenters. The third kappa shape index (κ3) is 3.37. The van der Waals surface area contributed by atoms with Gasteiger partial charge in [-0.1, -0.05) is 0 Å². The molecule has 0 saturated carbocycles. The quantitative estimate of drug-likeness (QED) is 0.803. The fourth-order valence-corrected chi connectivity index (χ4v) is 2.28. The lowest BCUT2D eigenvalue weighted by Crippen LogP contribution is -2.45. The summed E-state index contributed by atoms with van der Waals surface area (Å²) in [6.07, 6.45) is 0.854. The van der Waals surface area contributed by atoms with Crippen LogP contribution < -0.4 is 4.90 Å². The molecule has 1 amide bonds. The van der Waals surface area contributed by atoms with Crippen LogP contribution >= 0.6 is 11.6 Å². The van der Waals surface area contributed by atoms with Crippen molar-refractivity contribution < 1.29 is 14.3 Å². The molecule has 0 aliphatic carbocycles. The zero-order valence-corrected chi connectivity index (χ0v) is 12.7. The highest BCUT2D eigenvalue weighted by Gasteiger charge is 2.40. The van der Waals surface area contributed by atoms with Gasteiger partial charge in [0.05, 0.1) is 11.7 Å². The van der Waals surface area contributed by atoms with Gasteiger partial charge in [0.25, 0.3) is 0 Å². The molecular formula is C13H18ClN3O3. The molecular weight excluding hydrogens is 282 g/mol. The second-order valence-corrected chi connectivity index (χ2v) is 5.97. The molecule has 1 fully saturated rings. The van der Waals surface area contributed by atoms with Gasteiger partial charge in [-0.05, 0) is 45.4 Å². The molecule has 2 atom stereocenters. The van der Waals surface area contributed by atoms with Gasteiger partial charge < -0.3 is 9.47 Å². The van der Waals surface area contributed by atoms with Gasteiger partial charge in [-0.3, -0.25) is 4.90 Å². The number of carbonyl (C=O) groups is 1. The lowest BCUT2D eigenvalue weighted by molar-refractivity contribution is -0.0618. The topological polar surface area (TPSA) is 64.6 Å². The number of aromatic nitrogens is 2. The molecule has 7 heteroatoms. The first kappa shape index (κ1) is 15.0. The Balaban J connectivity index is 2.23. The number of cyclic esters (lactones) is 1. The number of hydrogen-bond donors (Lipinski definition) is 0. The number of rotatable bonds is 3. The van der Waals surface area contributed by atoms with Crippen LogP contribution in [0.1, 0.15) is 27.7 Å². The number of anilines is 1. The Hall–Kier alpha value is -1.40. The van der Waals surface area contributed by atoms with Crippen LogP contribution in [0.15, 0.2) is 12.3 Å². The van der Waals surface area contributed by atoms with Gasteiger partial charge in [0, 0.05) is 6.20 Å². The molecule has 20 heavy (non-hydrogen) atoms. The van der Waals surface area contributed by atoms with E-state index in [1.54, 1.807) is 6.07 Å². The van der Waals surface area contributed by atoms with Gasteiger partial charge in [-0.25, -0.2) is 14.8 Å². The summed E-state index contributed by atoms with van der Waals surface area (Å²) in [6, 6.07) is 1.38. The Kier molecular flexibility index (Phi) is 4.15. The monoisotopic (exact) mass is 299 g/mol. The van der Waals surface area contributed by atoms with Crippen LogP contribution in [0.3, 0.4) is 0 Å². The molecule has 1 aliphatic rings. The lowest BCUT2D eigenvalue weighted by Gasteiger charge is -2.31. The van der Waals surface area contributed by atoms with E-state index in [1.807, 2.05) is 27.7 Å². The van der Waals surface area contributed by atoms with Crippen molar-refractivity contribution in [3.63, 3.8) is 0 Å². The molecule has 0 N–H and O–H groups in total. The molecule has 0 aromatic carbocycles. The summed E-state index contributed by atoms with van der Waals surface area (Å²) in [6.45, 7) is 8.07. The number of carbonyl (C=O) groups excluding carboxylic acids is 1. The minimum Gasteiger partial charge on any atom is -0.447 e. The smallest absolute Gasteiger partial charge is 0.416 e. The average molecular weight is 300 g/mol. The fourth-order valence-electron chi connectivity index (χ4n) is 2.14. The van der Waals surface area contributed by atoms with Crippen LogP contribution in [0.25, 0.3) is 0 Å². The molecule has 1 aromatic rings. The first-order valence-electron chi connectivity index (χ1n) is 6.40. The van der Waals surface area contributed by atoms with Crippen LogP contribution in [0.4, 0.5) is 10.6 Å². The normalized spacial score (nSPS) is 20.9. The number of amides is 1.